The zero-order valence-electron chi connectivity index (χ0n) is 18.3. The normalized spacial score (nSPS) is 14.5. The molecule has 1 amide bonds. The van der Waals surface area contributed by atoms with Crippen LogP contribution < -0.4 is 10.2 Å². The molecule has 0 atom stereocenters. The summed E-state index contributed by atoms with van der Waals surface area (Å²) in [4.78, 5) is 30.5. The highest BCUT2D eigenvalue weighted by Crippen LogP contribution is 2.21. The van der Waals surface area contributed by atoms with Gasteiger partial charge in [-0.1, -0.05) is 18.2 Å². The van der Waals surface area contributed by atoms with Crippen molar-refractivity contribution in [2.24, 2.45) is 0 Å². The van der Waals surface area contributed by atoms with Crippen molar-refractivity contribution in [3.05, 3.63) is 65.6 Å². The number of rotatable bonds is 5. The molecule has 7 heteroatoms. The molecule has 1 saturated heterocycles. The maximum absolute atomic E-state index is 12.6. The molecule has 0 bridgehead atoms. The van der Waals surface area contributed by atoms with E-state index in [1.807, 2.05) is 57.2 Å². The number of para-hydroxylation sites is 1. The van der Waals surface area contributed by atoms with E-state index in [1.165, 1.54) is 0 Å². The zero-order chi connectivity index (χ0) is 21.8. The van der Waals surface area contributed by atoms with Crippen LogP contribution in [0.15, 0.2) is 48.8 Å². The molecule has 0 radical (unpaired) electrons. The van der Waals surface area contributed by atoms with E-state index in [-0.39, 0.29) is 5.91 Å². The smallest absolute Gasteiger partial charge is 0.238 e. The molecule has 3 aromatic rings. The largest absolute Gasteiger partial charge is 0.354 e. The van der Waals surface area contributed by atoms with Crippen molar-refractivity contribution in [3.8, 4) is 11.4 Å². The molecule has 4 rings (SSSR count). The molecule has 160 valence electrons. The second-order valence-electron chi connectivity index (χ2n) is 8.01. The van der Waals surface area contributed by atoms with E-state index in [0.717, 1.165) is 60.1 Å². The van der Waals surface area contributed by atoms with E-state index in [2.05, 4.69) is 25.1 Å². The van der Waals surface area contributed by atoms with E-state index in [9.17, 15) is 4.79 Å². The van der Waals surface area contributed by atoms with Gasteiger partial charge in [-0.2, -0.15) is 0 Å². The molecule has 1 aliphatic heterocycles. The van der Waals surface area contributed by atoms with Gasteiger partial charge in [-0.05, 0) is 44.0 Å². The number of nitrogens with one attached hydrogen (secondary N) is 1. The van der Waals surface area contributed by atoms with E-state index < -0.39 is 0 Å². The van der Waals surface area contributed by atoms with E-state index in [1.54, 1.807) is 12.4 Å². The van der Waals surface area contributed by atoms with E-state index in [4.69, 9.17) is 4.98 Å². The lowest BCUT2D eigenvalue weighted by Gasteiger charge is -2.35. The Balaban J connectivity index is 1.37. The van der Waals surface area contributed by atoms with Crippen LogP contribution in [-0.4, -0.2) is 58.5 Å². The van der Waals surface area contributed by atoms with Gasteiger partial charge in [0.2, 0.25) is 5.91 Å². The number of nitrogens with zero attached hydrogens (tertiary/aromatic N) is 5. The molecular formula is C24H28N6O. The fourth-order valence-electron chi connectivity index (χ4n) is 3.87. The molecule has 2 aromatic heterocycles. The Hall–Kier alpha value is -3.32. The van der Waals surface area contributed by atoms with Crippen LogP contribution in [0.25, 0.3) is 11.4 Å². The summed E-state index contributed by atoms with van der Waals surface area (Å²) in [6.07, 6.45) is 3.51. The van der Waals surface area contributed by atoms with E-state index >= 15 is 0 Å². The molecule has 31 heavy (non-hydrogen) atoms. The fourth-order valence-corrected chi connectivity index (χ4v) is 3.87. The van der Waals surface area contributed by atoms with Crippen LogP contribution in [0.5, 0.6) is 0 Å². The Bertz CT molecular complexity index is 1040. The first-order valence-corrected chi connectivity index (χ1v) is 10.6. The van der Waals surface area contributed by atoms with Crippen LogP contribution in [0.3, 0.4) is 0 Å². The van der Waals surface area contributed by atoms with Gasteiger partial charge in [0.25, 0.3) is 0 Å². The van der Waals surface area contributed by atoms with Crippen LogP contribution >= 0.6 is 0 Å². The minimum atomic E-state index is 0.0312. The summed E-state index contributed by atoms with van der Waals surface area (Å²) in [6.45, 7) is 9.70. The number of amides is 1. The fraction of sp³-hybridized carbons (Fsp3) is 0.333. The number of benzene rings is 1. The lowest BCUT2D eigenvalue weighted by molar-refractivity contribution is -0.117. The van der Waals surface area contributed by atoms with Crippen molar-refractivity contribution in [2.75, 3.05) is 42.9 Å². The molecule has 1 fully saturated rings. The Labute approximate surface area is 183 Å². The van der Waals surface area contributed by atoms with Gasteiger partial charge in [-0.15, -0.1) is 0 Å². The lowest BCUT2D eigenvalue weighted by atomic mass is 10.1. The van der Waals surface area contributed by atoms with Crippen LogP contribution in [0.2, 0.25) is 0 Å². The van der Waals surface area contributed by atoms with Gasteiger partial charge < -0.3 is 10.2 Å². The molecule has 0 spiro atoms. The minimum Gasteiger partial charge on any atom is -0.354 e. The highest BCUT2D eigenvalue weighted by molar-refractivity contribution is 5.93. The Kier molecular flexibility index (Phi) is 6.23. The highest BCUT2D eigenvalue weighted by Gasteiger charge is 2.21. The second-order valence-corrected chi connectivity index (χ2v) is 8.01. The van der Waals surface area contributed by atoms with Gasteiger partial charge in [0, 0.05) is 61.6 Å². The zero-order valence-corrected chi connectivity index (χ0v) is 18.3. The first-order valence-electron chi connectivity index (χ1n) is 10.6. The number of anilines is 2. The molecular weight excluding hydrogens is 388 g/mol. The van der Waals surface area contributed by atoms with Gasteiger partial charge >= 0.3 is 0 Å². The first kappa shape index (κ1) is 20.9. The average Bonchev–Trinajstić information content (AvgIpc) is 2.77. The maximum atomic E-state index is 12.6. The molecule has 1 N–H and O–H groups in total. The standard InChI is InChI=1S/C24H28N6O/c1-17-5-4-6-18(2)23(17)28-22(31)16-29-11-13-30(14-12-29)21-15-19(3)26-24(27-21)20-7-9-25-10-8-20/h4-10,15H,11-14,16H2,1-3H3,(H,28,31). The van der Waals surface area contributed by atoms with Gasteiger partial charge in [-0.25, -0.2) is 9.97 Å². The molecule has 0 saturated carbocycles. The summed E-state index contributed by atoms with van der Waals surface area (Å²) >= 11 is 0. The third-order valence-electron chi connectivity index (χ3n) is 5.59. The van der Waals surface area contributed by atoms with E-state index in [0.29, 0.717) is 12.4 Å². The lowest BCUT2D eigenvalue weighted by Crippen LogP contribution is -2.49. The van der Waals surface area contributed by atoms with Crippen molar-refractivity contribution in [1.82, 2.24) is 19.9 Å². The van der Waals surface area contributed by atoms with Crippen LogP contribution in [-0.2, 0) is 4.79 Å². The van der Waals surface area contributed by atoms with Crippen molar-refractivity contribution < 1.29 is 4.79 Å². The van der Waals surface area contributed by atoms with Gasteiger partial charge in [0.15, 0.2) is 5.82 Å². The Morgan fingerprint density at radius 3 is 2.32 bits per heavy atom. The highest BCUT2D eigenvalue weighted by atomic mass is 16.2. The number of carbonyl (C=O) groups excluding carboxylic acids is 1. The third kappa shape index (κ3) is 5.06. The number of pyridine rings is 1. The van der Waals surface area contributed by atoms with Crippen molar-refractivity contribution in [3.63, 3.8) is 0 Å². The average molecular weight is 417 g/mol. The number of piperazine rings is 1. The number of aryl methyl sites for hydroxylation is 3. The van der Waals surface area contributed by atoms with Crippen molar-refractivity contribution in [1.29, 1.82) is 0 Å². The predicted molar refractivity (Wildman–Crippen MR) is 123 cm³/mol. The van der Waals surface area contributed by atoms with Gasteiger partial charge in [0.05, 0.1) is 6.54 Å². The van der Waals surface area contributed by atoms with Crippen molar-refractivity contribution >= 4 is 17.4 Å². The first-order chi connectivity index (χ1) is 15.0. The molecule has 1 aromatic carbocycles. The summed E-state index contributed by atoms with van der Waals surface area (Å²) in [5, 5.41) is 3.08. The quantitative estimate of drug-likeness (QED) is 0.688. The molecule has 3 heterocycles. The van der Waals surface area contributed by atoms with Crippen LogP contribution in [0.1, 0.15) is 16.8 Å². The second kappa shape index (κ2) is 9.22. The molecule has 0 aliphatic carbocycles. The van der Waals surface area contributed by atoms with Gasteiger partial charge in [-0.3, -0.25) is 14.7 Å². The third-order valence-corrected chi connectivity index (χ3v) is 5.59. The summed E-state index contributed by atoms with van der Waals surface area (Å²) in [5.74, 6) is 1.68. The minimum absolute atomic E-state index is 0.0312. The molecule has 7 nitrogen and oxygen atoms in total. The SMILES string of the molecule is Cc1cc(N2CCN(CC(=O)Nc3c(C)cccc3C)CC2)nc(-c2ccncc2)n1. The molecule has 1 aliphatic rings. The summed E-state index contributed by atoms with van der Waals surface area (Å²) < 4.78 is 0. The monoisotopic (exact) mass is 416 g/mol. The Morgan fingerprint density at radius 1 is 0.968 bits per heavy atom. The summed E-state index contributed by atoms with van der Waals surface area (Å²) in [7, 11) is 0. The number of hydrogen-bond acceptors (Lipinski definition) is 6. The summed E-state index contributed by atoms with van der Waals surface area (Å²) in [5.41, 5.74) is 4.99. The molecule has 0 unspecified atom stereocenters. The number of aromatic nitrogens is 3. The van der Waals surface area contributed by atoms with Crippen LogP contribution in [0, 0.1) is 20.8 Å². The maximum Gasteiger partial charge on any atom is 0.238 e. The van der Waals surface area contributed by atoms with Gasteiger partial charge in [0.1, 0.15) is 5.82 Å². The predicted octanol–water partition coefficient (Wildman–Crippen LogP) is 3.22. The van der Waals surface area contributed by atoms with Crippen molar-refractivity contribution in [2.45, 2.75) is 20.8 Å². The summed E-state index contributed by atoms with van der Waals surface area (Å²) in [6, 6.07) is 11.9. The van der Waals surface area contributed by atoms with Crippen LogP contribution in [0.4, 0.5) is 11.5 Å². The Morgan fingerprint density at radius 2 is 1.65 bits per heavy atom. The topological polar surface area (TPSA) is 74.2 Å². The number of carbonyl (C=O) groups is 1. The number of hydrogen-bond donors (Lipinski definition) is 1.